The van der Waals surface area contributed by atoms with Crippen LogP contribution in [0.5, 0.6) is 0 Å². The smallest absolute Gasteiger partial charge is 0.376 e. The maximum atomic E-state index is 14.8. The number of nitrogens with zero attached hydrogens (tertiary/aromatic N) is 6. The molecule has 0 radical (unpaired) electrons. The van der Waals surface area contributed by atoms with Gasteiger partial charge in [-0.3, -0.25) is 9.69 Å². The summed E-state index contributed by atoms with van der Waals surface area (Å²) in [5.41, 5.74) is 8.38. The highest BCUT2D eigenvalue weighted by Gasteiger charge is 2.30. The number of fused-ring (bicyclic) bond motifs is 3. The largest absolute Gasteiger partial charge is 0.460 e. The Morgan fingerprint density at radius 2 is 1.59 bits per heavy atom. The Balaban J connectivity index is 1.61. The molecular weight excluding hydrogens is 576 g/mol. The lowest BCUT2D eigenvalue weighted by molar-refractivity contribution is 0.0509. The molecule has 0 atom stereocenters. The standard InChI is InChI=1S/C37H34N6O3/c1-5-41-21-27(20-25-16-12-23(3)13-17-25)32-29(22-41)30(26-18-14-24(4)15-19-26)31-33(38-32)39-37-42(35(31)44)34(36(45)46-6-2)40-43(37)28-10-8-7-9-11-28/h7-20H,5-6,21-22H2,1-4H3/b27-20+. The Morgan fingerprint density at radius 3 is 2.26 bits per heavy atom. The van der Waals surface area contributed by atoms with Crippen molar-refractivity contribution >= 4 is 34.4 Å². The third-order valence-corrected chi connectivity index (χ3v) is 8.44. The van der Waals surface area contributed by atoms with Gasteiger partial charge in [0.15, 0.2) is 5.65 Å². The van der Waals surface area contributed by atoms with Gasteiger partial charge in [0, 0.05) is 24.2 Å². The molecule has 9 heteroatoms. The Morgan fingerprint density at radius 1 is 0.891 bits per heavy atom. The summed E-state index contributed by atoms with van der Waals surface area (Å²) >= 11 is 0. The number of benzene rings is 3. The molecule has 0 fully saturated rings. The molecule has 0 amide bonds. The van der Waals surface area contributed by atoms with Crippen molar-refractivity contribution in [3.63, 3.8) is 0 Å². The first-order chi connectivity index (χ1) is 22.4. The summed E-state index contributed by atoms with van der Waals surface area (Å²) in [5.74, 6) is -0.652. The van der Waals surface area contributed by atoms with Gasteiger partial charge in [0.2, 0.25) is 11.6 Å². The van der Waals surface area contributed by atoms with Crippen molar-refractivity contribution in [2.45, 2.75) is 34.2 Å². The van der Waals surface area contributed by atoms with Crippen LogP contribution in [0, 0.1) is 13.8 Å². The second kappa shape index (κ2) is 11.8. The Bertz CT molecular complexity index is 2200. The molecule has 6 aromatic rings. The number of carbonyl (C=O) groups excluding carboxylic acids is 1. The van der Waals surface area contributed by atoms with E-state index in [1.165, 1.54) is 14.6 Å². The highest BCUT2D eigenvalue weighted by Crippen LogP contribution is 2.38. The van der Waals surface area contributed by atoms with E-state index in [4.69, 9.17) is 14.7 Å². The number of carbonyl (C=O) groups is 1. The molecule has 0 saturated carbocycles. The number of ether oxygens (including phenoxy) is 1. The third-order valence-electron chi connectivity index (χ3n) is 8.44. The van der Waals surface area contributed by atoms with Crippen molar-refractivity contribution < 1.29 is 9.53 Å². The van der Waals surface area contributed by atoms with Gasteiger partial charge in [-0.15, -0.1) is 5.10 Å². The van der Waals surface area contributed by atoms with Gasteiger partial charge < -0.3 is 4.74 Å². The number of rotatable bonds is 6. The highest BCUT2D eigenvalue weighted by atomic mass is 16.5. The maximum absolute atomic E-state index is 14.8. The molecule has 230 valence electrons. The normalized spacial score (nSPS) is 14.2. The fourth-order valence-corrected chi connectivity index (χ4v) is 6.08. The van der Waals surface area contributed by atoms with Crippen LogP contribution in [0.2, 0.25) is 0 Å². The lowest BCUT2D eigenvalue weighted by atomic mass is 9.89. The second-order valence-corrected chi connectivity index (χ2v) is 11.6. The van der Waals surface area contributed by atoms with Gasteiger partial charge in [0.25, 0.3) is 5.56 Å². The van der Waals surface area contributed by atoms with E-state index in [0.717, 1.165) is 45.6 Å². The first kappa shape index (κ1) is 29.3. The molecule has 0 unspecified atom stereocenters. The number of esters is 1. The van der Waals surface area contributed by atoms with Crippen molar-refractivity contribution in [2.24, 2.45) is 0 Å². The molecule has 3 aromatic heterocycles. The molecule has 0 spiro atoms. The summed E-state index contributed by atoms with van der Waals surface area (Å²) in [7, 11) is 0. The van der Waals surface area contributed by atoms with Crippen LogP contribution in [-0.2, 0) is 11.3 Å². The van der Waals surface area contributed by atoms with E-state index < -0.39 is 11.5 Å². The third kappa shape index (κ3) is 5.08. The molecule has 4 heterocycles. The Hall–Kier alpha value is -5.41. The van der Waals surface area contributed by atoms with Crippen LogP contribution in [0.4, 0.5) is 0 Å². The predicted octanol–water partition coefficient (Wildman–Crippen LogP) is 6.27. The zero-order chi connectivity index (χ0) is 31.9. The molecule has 0 bridgehead atoms. The van der Waals surface area contributed by atoms with E-state index in [-0.39, 0.29) is 18.2 Å². The molecule has 7 rings (SSSR count). The van der Waals surface area contributed by atoms with Gasteiger partial charge in [-0.25, -0.2) is 14.2 Å². The molecule has 1 aliphatic heterocycles. The molecule has 46 heavy (non-hydrogen) atoms. The molecule has 9 nitrogen and oxygen atoms in total. The summed E-state index contributed by atoms with van der Waals surface area (Å²) in [6.07, 6.45) is 2.18. The minimum atomic E-state index is -0.700. The Kier molecular flexibility index (Phi) is 7.54. The molecule has 1 aliphatic rings. The predicted molar refractivity (Wildman–Crippen MR) is 180 cm³/mol. The van der Waals surface area contributed by atoms with E-state index >= 15 is 0 Å². The van der Waals surface area contributed by atoms with Crippen LogP contribution < -0.4 is 5.56 Å². The lowest BCUT2D eigenvalue weighted by Crippen LogP contribution is -2.31. The van der Waals surface area contributed by atoms with E-state index in [1.54, 1.807) is 6.92 Å². The molecule has 0 N–H and O–H groups in total. The van der Waals surface area contributed by atoms with Crippen molar-refractivity contribution in [1.82, 2.24) is 29.0 Å². The molecular formula is C37H34N6O3. The van der Waals surface area contributed by atoms with Gasteiger partial charge >= 0.3 is 5.97 Å². The van der Waals surface area contributed by atoms with Crippen LogP contribution in [-0.4, -0.2) is 54.7 Å². The number of aryl methyl sites for hydroxylation is 2. The monoisotopic (exact) mass is 610 g/mol. The molecule has 0 aliphatic carbocycles. The van der Waals surface area contributed by atoms with Crippen molar-refractivity contribution in [3.8, 4) is 16.8 Å². The SMILES string of the molecule is CCOC(=O)c1nn(-c2ccccc2)c2nc3nc4c(c(-c5ccc(C)cc5)c3c(=O)n12)CN(CC)C/C4=C\c1ccc(C)cc1. The summed E-state index contributed by atoms with van der Waals surface area (Å²) in [6.45, 7) is 10.2. The summed E-state index contributed by atoms with van der Waals surface area (Å²) in [5, 5.41) is 4.91. The zero-order valence-electron chi connectivity index (χ0n) is 26.3. The number of para-hydroxylation sites is 1. The average molecular weight is 611 g/mol. The quantitative estimate of drug-likeness (QED) is 0.205. The van der Waals surface area contributed by atoms with Crippen molar-refractivity contribution in [3.05, 3.63) is 123 Å². The van der Waals surface area contributed by atoms with Crippen LogP contribution in [0.3, 0.4) is 0 Å². The minimum absolute atomic E-state index is 0.136. The second-order valence-electron chi connectivity index (χ2n) is 11.6. The lowest BCUT2D eigenvalue weighted by Gasteiger charge is -2.31. The first-order valence-electron chi connectivity index (χ1n) is 15.5. The zero-order valence-corrected chi connectivity index (χ0v) is 26.3. The fourth-order valence-electron chi connectivity index (χ4n) is 6.08. The molecule has 0 saturated heterocycles. The van der Waals surface area contributed by atoms with E-state index in [1.807, 2.05) is 61.5 Å². The van der Waals surface area contributed by atoms with E-state index in [9.17, 15) is 9.59 Å². The summed E-state index contributed by atoms with van der Waals surface area (Å²) in [6, 6.07) is 25.9. The number of likely N-dealkylation sites (N-methyl/N-ethyl adjacent to an activating group) is 1. The van der Waals surface area contributed by atoms with E-state index in [0.29, 0.717) is 29.8 Å². The number of pyridine rings is 1. The topological polar surface area (TPSA) is 94.6 Å². The number of hydrogen-bond donors (Lipinski definition) is 0. The summed E-state index contributed by atoms with van der Waals surface area (Å²) in [4.78, 5) is 40.4. The van der Waals surface area contributed by atoms with Gasteiger partial charge in [0.05, 0.1) is 23.4 Å². The van der Waals surface area contributed by atoms with E-state index in [2.05, 4.69) is 54.2 Å². The van der Waals surface area contributed by atoms with Crippen LogP contribution in [0.25, 0.3) is 45.3 Å². The number of hydrogen-bond acceptors (Lipinski definition) is 7. The van der Waals surface area contributed by atoms with Crippen molar-refractivity contribution in [1.29, 1.82) is 0 Å². The van der Waals surface area contributed by atoms with Crippen molar-refractivity contribution in [2.75, 3.05) is 19.7 Å². The van der Waals surface area contributed by atoms with Crippen LogP contribution in [0.15, 0.2) is 83.7 Å². The van der Waals surface area contributed by atoms with Crippen LogP contribution in [0.1, 0.15) is 52.4 Å². The van der Waals surface area contributed by atoms with Gasteiger partial charge in [-0.2, -0.15) is 9.67 Å². The van der Waals surface area contributed by atoms with Crippen LogP contribution >= 0.6 is 0 Å². The average Bonchev–Trinajstić information content (AvgIpc) is 3.46. The maximum Gasteiger partial charge on any atom is 0.376 e. The molecule has 3 aromatic carbocycles. The summed E-state index contributed by atoms with van der Waals surface area (Å²) < 4.78 is 8.11. The fraction of sp³-hybridized carbons (Fsp3) is 0.216. The first-order valence-corrected chi connectivity index (χ1v) is 15.5. The minimum Gasteiger partial charge on any atom is -0.460 e. The highest BCUT2D eigenvalue weighted by molar-refractivity contribution is 5.99. The van der Waals surface area contributed by atoms with Gasteiger partial charge in [-0.05, 0) is 62.2 Å². The number of aromatic nitrogens is 5. The van der Waals surface area contributed by atoms with Gasteiger partial charge in [0.1, 0.15) is 0 Å². The Labute approximate surface area is 266 Å². The van der Waals surface area contributed by atoms with Gasteiger partial charge in [-0.1, -0.05) is 84.8 Å².